The van der Waals surface area contributed by atoms with Gasteiger partial charge in [0.2, 0.25) is 12.2 Å². The monoisotopic (exact) mass is 399 g/mol. The van der Waals surface area contributed by atoms with Gasteiger partial charge in [-0.2, -0.15) is 0 Å². The van der Waals surface area contributed by atoms with Crippen LogP contribution in [-0.4, -0.2) is 53.7 Å². The first-order valence-electron chi connectivity index (χ1n) is 9.05. The van der Waals surface area contributed by atoms with E-state index < -0.39 is 36.3 Å². The molecule has 5 amide bonds. The number of hydrogen-bond donors (Lipinski definition) is 1. The predicted molar refractivity (Wildman–Crippen MR) is 96.2 cm³/mol. The second-order valence-corrected chi connectivity index (χ2v) is 6.69. The number of ether oxygens (including phenoxy) is 2. The number of amides is 5. The molecule has 0 aromatic heterocycles. The van der Waals surface area contributed by atoms with Crippen molar-refractivity contribution in [2.45, 2.75) is 31.8 Å². The summed E-state index contributed by atoms with van der Waals surface area (Å²) in [7, 11) is 0. The largest absolute Gasteiger partial charge is 0.432 e. The Morgan fingerprint density at radius 3 is 2.38 bits per heavy atom. The van der Waals surface area contributed by atoms with Gasteiger partial charge in [0.25, 0.3) is 11.8 Å². The molecule has 29 heavy (non-hydrogen) atoms. The normalized spacial score (nSPS) is 24.3. The van der Waals surface area contributed by atoms with Gasteiger partial charge in [0, 0.05) is 31.5 Å². The van der Waals surface area contributed by atoms with Crippen molar-refractivity contribution < 1.29 is 33.4 Å². The van der Waals surface area contributed by atoms with Crippen molar-refractivity contribution in [3.63, 3.8) is 0 Å². The van der Waals surface area contributed by atoms with Crippen molar-refractivity contribution in [3.8, 4) is 0 Å². The maximum Gasteiger partial charge on any atom is 0.340 e. The summed E-state index contributed by atoms with van der Waals surface area (Å²) in [5.74, 6) is -1.85. The molecule has 150 valence electrons. The van der Waals surface area contributed by atoms with Crippen LogP contribution in [0, 0.1) is 0 Å². The van der Waals surface area contributed by atoms with E-state index in [1.165, 1.54) is 41.3 Å². The lowest BCUT2D eigenvalue weighted by Gasteiger charge is -2.31. The molecule has 2 fully saturated rings. The Morgan fingerprint density at radius 2 is 1.72 bits per heavy atom. The average molecular weight is 399 g/mol. The molecule has 0 saturated carbocycles. The molecule has 3 aliphatic heterocycles. The zero-order valence-electron chi connectivity index (χ0n) is 15.2. The molecule has 2 saturated heterocycles. The van der Waals surface area contributed by atoms with E-state index in [-0.39, 0.29) is 24.4 Å². The molecule has 3 aliphatic rings. The van der Waals surface area contributed by atoms with Crippen molar-refractivity contribution in [1.29, 1.82) is 0 Å². The summed E-state index contributed by atoms with van der Waals surface area (Å²) >= 11 is 0. The molecule has 4 rings (SSSR count). The predicted octanol–water partition coefficient (Wildman–Crippen LogP) is 0.677. The molecular weight excluding hydrogens is 382 g/mol. The zero-order chi connectivity index (χ0) is 20.5. The van der Waals surface area contributed by atoms with Gasteiger partial charge in [-0.3, -0.25) is 24.6 Å². The Bertz CT molecular complexity index is 906. The molecule has 10 nitrogen and oxygen atoms in total. The van der Waals surface area contributed by atoms with Crippen LogP contribution >= 0.6 is 0 Å². The molecule has 2 unspecified atom stereocenters. The first-order valence-corrected chi connectivity index (χ1v) is 9.05. The molecular formula is C19H17N3O7. The first kappa shape index (κ1) is 18.8. The van der Waals surface area contributed by atoms with Crippen LogP contribution in [-0.2, 0) is 23.9 Å². The highest BCUT2D eigenvalue weighted by Gasteiger charge is 2.37. The lowest BCUT2D eigenvalue weighted by molar-refractivity contribution is -0.137. The molecule has 2 atom stereocenters. The number of esters is 1. The van der Waals surface area contributed by atoms with Crippen molar-refractivity contribution in [2.75, 3.05) is 11.4 Å². The Morgan fingerprint density at radius 1 is 1.03 bits per heavy atom. The van der Waals surface area contributed by atoms with Crippen LogP contribution in [0.25, 0.3) is 0 Å². The number of rotatable bonds is 4. The molecule has 10 heteroatoms. The van der Waals surface area contributed by atoms with Crippen LogP contribution < -0.4 is 10.2 Å². The van der Waals surface area contributed by atoms with E-state index >= 15 is 0 Å². The molecule has 3 heterocycles. The molecule has 0 aliphatic carbocycles. The maximum absolute atomic E-state index is 12.4. The third kappa shape index (κ3) is 3.74. The standard InChI is InChI=1S/C19H17N3O7/c23-13-9-10-21(19(27)20-13)16-7-8-17(28-16)29-18(26)11-1-3-12(4-2-11)22-14(24)5-6-15(22)25/h1-6,16-17H,7-10H2,(H,20,23,27). The van der Waals surface area contributed by atoms with Crippen LogP contribution in [0.3, 0.4) is 0 Å². The van der Waals surface area contributed by atoms with Crippen LogP contribution in [0.1, 0.15) is 29.6 Å². The first-order chi connectivity index (χ1) is 13.9. The summed E-state index contributed by atoms with van der Waals surface area (Å²) in [5.41, 5.74) is 0.582. The fourth-order valence-corrected chi connectivity index (χ4v) is 3.35. The topological polar surface area (TPSA) is 122 Å². The number of urea groups is 1. The lowest BCUT2D eigenvalue weighted by atomic mass is 10.2. The highest BCUT2D eigenvalue weighted by atomic mass is 16.7. The summed E-state index contributed by atoms with van der Waals surface area (Å²) in [5, 5.41) is 2.23. The molecule has 0 bridgehead atoms. The minimum atomic E-state index is -0.816. The lowest BCUT2D eigenvalue weighted by Crippen LogP contribution is -2.53. The van der Waals surface area contributed by atoms with E-state index in [1.807, 2.05) is 0 Å². The third-order valence-electron chi connectivity index (χ3n) is 4.80. The minimum absolute atomic E-state index is 0.194. The van der Waals surface area contributed by atoms with Gasteiger partial charge in [-0.15, -0.1) is 0 Å². The maximum atomic E-state index is 12.4. The van der Waals surface area contributed by atoms with Crippen LogP contribution in [0.4, 0.5) is 10.5 Å². The fourth-order valence-electron chi connectivity index (χ4n) is 3.35. The number of hydrogen-bond acceptors (Lipinski definition) is 7. The number of benzene rings is 1. The highest BCUT2D eigenvalue weighted by Crippen LogP contribution is 2.26. The van der Waals surface area contributed by atoms with Gasteiger partial charge in [0.05, 0.1) is 11.3 Å². The summed E-state index contributed by atoms with van der Waals surface area (Å²) in [6, 6.07) is 5.34. The Labute approximate surface area is 165 Å². The van der Waals surface area contributed by atoms with Crippen LogP contribution in [0.5, 0.6) is 0 Å². The van der Waals surface area contributed by atoms with Gasteiger partial charge < -0.3 is 9.47 Å². The molecule has 0 radical (unpaired) electrons. The Kier molecular flexibility index (Phi) is 4.85. The number of carbonyl (C=O) groups excluding carboxylic acids is 5. The summed E-state index contributed by atoms with van der Waals surface area (Å²) in [6.07, 6.45) is 2.05. The van der Waals surface area contributed by atoms with E-state index in [0.29, 0.717) is 18.5 Å². The van der Waals surface area contributed by atoms with Crippen LogP contribution in [0.2, 0.25) is 0 Å². The second-order valence-electron chi connectivity index (χ2n) is 6.69. The minimum Gasteiger partial charge on any atom is -0.432 e. The summed E-state index contributed by atoms with van der Waals surface area (Å²) in [6.45, 7) is 0.250. The number of anilines is 1. The van der Waals surface area contributed by atoms with E-state index in [1.54, 1.807) is 0 Å². The number of carbonyl (C=O) groups is 5. The van der Waals surface area contributed by atoms with Crippen molar-refractivity contribution >= 4 is 35.4 Å². The summed E-state index contributed by atoms with van der Waals surface area (Å²) in [4.78, 5) is 61.3. The highest BCUT2D eigenvalue weighted by molar-refractivity contribution is 6.28. The quantitative estimate of drug-likeness (QED) is 0.583. The smallest absolute Gasteiger partial charge is 0.340 e. The Hall–Kier alpha value is -3.53. The van der Waals surface area contributed by atoms with Crippen molar-refractivity contribution in [2.24, 2.45) is 0 Å². The van der Waals surface area contributed by atoms with E-state index in [2.05, 4.69) is 5.32 Å². The molecule has 1 aromatic rings. The molecule has 1 aromatic carbocycles. The third-order valence-corrected chi connectivity index (χ3v) is 4.80. The van der Waals surface area contributed by atoms with Crippen molar-refractivity contribution in [3.05, 3.63) is 42.0 Å². The second kappa shape index (κ2) is 7.47. The van der Waals surface area contributed by atoms with Gasteiger partial charge in [0.1, 0.15) is 6.23 Å². The van der Waals surface area contributed by atoms with Gasteiger partial charge >= 0.3 is 12.0 Å². The van der Waals surface area contributed by atoms with Crippen LogP contribution in [0.15, 0.2) is 36.4 Å². The van der Waals surface area contributed by atoms with Gasteiger partial charge in [-0.25, -0.2) is 14.5 Å². The molecule has 1 N–H and O–H groups in total. The Balaban J connectivity index is 1.34. The number of imide groups is 2. The fraction of sp³-hybridized carbons (Fsp3) is 0.316. The number of nitrogens with zero attached hydrogens (tertiary/aromatic N) is 2. The van der Waals surface area contributed by atoms with Gasteiger partial charge in [-0.05, 0) is 30.7 Å². The van der Waals surface area contributed by atoms with Gasteiger partial charge in [-0.1, -0.05) is 0 Å². The van der Waals surface area contributed by atoms with Gasteiger partial charge in [0.15, 0.2) is 0 Å². The van der Waals surface area contributed by atoms with E-state index in [9.17, 15) is 24.0 Å². The summed E-state index contributed by atoms with van der Waals surface area (Å²) < 4.78 is 11.0. The van der Waals surface area contributed by atoms with E-state index in [0.717, 1.165) is 4.90 Å². The average Bonchev–Trinajstić information content (AvgIpc) is 3.28. The SMILES string of the molecule is O=C1CCN(C2CCC(OC(=O)c3ccc(N4C(=O)C=CC4=O)cc3)O2)C(=O)N1. The zero-order valence-corrected chi connectivity index (χ0v) is 15.2. The van der Waals surface area contributed by atoms with E-state index in [4.69, 9.17) is 9.47 Å². The number of nitrogens with one attached hydrogen (secondary N) is 1. The molecule has 0 spiro atoms. The van der Waals surface area contributed by atoms with Crippen molar-refractivity contribution in [1.82, 2.24) is 10.2 Å².